The van der Waals surface area contributed by atoms with Crippen LogP contribution < -0.4 is 19.5 Å². The molecule has 1 heterocycles. The van der Waals surface area contributed by atoms with Crippen molar-refractivity contribution in [1.82, 2.24) is 5.32 Å². The van der Waals surface area contributed by atoms with Crippen LogP contribution in [-0.2, 0) is 11.3 Å². The molecule has 1 N–H and O–H groups in total. The van der Waals surface area contributed by atoms with Crippen molar-refractivity contribution in [2.45, 2.75) is 26.8 Å². The number of nitrogens with one attached hydrogen (secondary N) is 1. The summed E-state index contributed by atoms with van der Waals surface area (Å²) in [5.41, 5.74) is 1.05. The summed E-state index contributed by atoms with van der Waals surface area (Å²) in [4.78, 5) is 0. The molecule has 0 amide bonds. The second kappa shape index (κ2) is 7.21. The Labute approximate surface area is 113 Å². The molecule has 19 heavy (non-hydrogen) atoms. The lowest BCUT2D eigenvalue weighted by Gasteiger charge is -2.13. The van der Waals surface area contributed by atoms with Crippen LogP contribution in [0.5, 0.6) is 17.2 Å². The van der Waals surface area contributed by atoms with E-state index in [4.69, 9.17) is 18.9 Å². The van der Waals surface area contributed by atoms with E-state index in [0.29, 0.717) is 6.61 Å². The molecule has 2 rings (SSSR count). The molecule has 5 nitrogen and oxygen atoms in total. The molecule has 0 atom stereocenters. The zero-order valence-electron chi connectivity index (χ0n) is 11.5. The lowest BCUT2D eigenvalue weighted by molar-refractivity contribution is 0.0217. The summed E-state index contributed by atoms with van der Waals surface area (Å²) in [7, 11) is 0. The molecule has 0 saturated carbocycles. The SMILES string of the molecule is CCCNCc1cc2c(cc1OCOCC)OCO2. The van der Waals surface area contributed by atoms with Crippen LogP contribution >= 0.6 is 0 Å². The minimum atomic E-state index is 0.247. The molecule has 0 spiro atoms. The highest BCUT2D eigenvalue weighted by molar-refractivity contribution is 5.51. The maximum atomic E-state index is 5.64. The van der Waals surface area contributed by atoms with E-state index in [0.717, 1.165) is 42.3 Å². The van der Waals surface area contributed by atoms with Crippen LogP contribution in [0.3, 0.4) is 0 Å². The lowest BCUT2D eigenvalue weighted by Crippen LogP contribution is -2.15. The van der Waals surface area contributed by atoms with Crippen molar-refractivity contribution < 1.29 is 18.9 Å². The first-order chi connectivity index (χ1) is 9.35. The fraction of sp³-hybridized carbons (Fsp3) is 0.571. The number of hydrogen-bond acceptors (Lipinski definition) is 5. The standard InChI is InChI=1S/C14H21NO4/c1-3-5-15-8-11-6-13-14(19-10-18-13)7-12(11)17-9-16-4-2/h6-7,15H,3-5,8-10H2,1-2H3. The Morgan fingerprint density at radius 3 is 2.74 bits per heavy atom. The van der Waals surface area contributed by atoms with Crippen LogP contribution in [0.15, 0.2) is 12.1 Å². The fourth-order valence-corrected chi connectivity index (χ4v) is 1.83. The smallest absolute Gasteiger partial charge is 0.231 e. The molecular weight excluding hydrogens is 246 g/mol. The monoisotopic (exact) mass is 267 g/mol. The third kappa shape index (κ3) is 3.75. The van der Waals surface area contributed by atoms with Gasteiger partial charge in [-0.2, -0.15) is 0 Å². The third-order valence-electron chi connectivity index (χ3n) is 2.80. The molecule has 0 aromatic heterocycles. The van der Waals surface area contributed by atoms with Crippen molar-refractivity contribution in [2.24, 2.45) is 0 Å². The van der Waals surface area contributed by atoms with Crippen LogP contribution in [0, 0.1) is 0 Å². The summed E-state index contributed by atoms with van der Waals surface area (Å²) < 4.78 is 21.6. The Bertz CT molecular complexity index is 372. The van der Waals surface area contributed by atoms with Gasteiger partial charge in [-0.1, -0.05) is 6.92 Å². The topological polar surface area (TPSA) is 49.0 Å². The lowest BCUT2D eigenvalue weighted by atomic mass is 10.1. The zero-order chi connectivity index (χ0) is 13.5. The van der Waals surface area contributed by atoms with Crippen LogP contribution in [0.4, 0.5) is 0 Å². The molecule has 0 radical (unpaired) electrons. The van der Waals surface area contributed by atoms with Gasteiger partial charge in [-0.15, -0.1) is 0 Å². The Morgan fingerprint density at radius 2 is 2.00 bits per heavy atom. The second-order valence-corrected chi connectivity index (χ2v) is 4.24. The predicted octanol–water partition coefficient (Wildman–Crippen LogP) is 2.29. The Balaban J connectivity index is 2.07. The maximum absolute atomic E-state index is 5.64. The van der Waals surface area contributed by atoms with Crippen molar-refractivity contribution in [3.05, 3.63) is 17.7 Å². The first-order valence-electron chi connectivity index (χ1n) is 6.69. The number of rotatable bonds is 8. The minimum absolute atomic E-state index is 0.247. The van der Waals surface area contributed by atoms with E-state index < -0.39 is 0 Å². The highest BCUT2D eigenvalue weighted by Crippen LogP contribution is 2.38. The molecule has 106 valence electrons. The Hall–Kier alpha value is -1.46. The number of hydrogen-bond donors (Lipinski definition) is 1. The second-order valence-electron chi connectivity index (χ2n) is 4.24. The molecule has 1 aliphatic rings. The Morgan fingerprint density at radius 1 is 1.21 bits per heavy atom. The van der Waals surface area contributed by atoms with Crippen molar-refractivity contribution in [1.29, 1.82) is 0 Å². The van der Waals surface area contributed by atoms with Gasteiger partial charge in [0.25, 0.3) is 0 Å². The molecule has 0 unspecified atom stereocenters. The predicted molar refractivity (Wildman–Crippen MR) is 71.7 cm³/mol. The van der Waals surface area contributed by atoms with Crippen molar-refractivity contribution in [2.75, 3.05) is 26.7 Å². The molecule has 0 bridgehead atoms. The average molecular weight is 267 g/mol. The highest BCUT2D eigenvalue weighted by atomic mass is 16.7. The summed E-state index contributed by atoms with van der Waals surface area (Å²) in [5.74, 6) is 2.28. The molecule has 0 aliphatic carbocycles. The quantitative estimate of drug-likeness (QED) is 0.578. The van der Waals surface area contributed by atoms with Crippen molar-refractivity contribution in [3.8, 4) is 17.2 Å². The zero-order valence-corrected chi connectivity index (χ0v) is 11.5. The largest absolute Gasteiger partial charge is 0.467 e. The van der Waals surface area contributed by atoms with Gasteiger partial charge in [0.05, 0.1) is 0 Å². The first-order valence-corrected chi connectivity index (χ1v) is 6.69. The summed E-state index contributed by atoms with van der Waals surface area (Å²) in [6.45, 7) is 6.94. The van der Waals surface area contributed by atoms with Crippen LogP contribution in [-0.4, -0.2) is 26.7 Å². The summed E-state index contributed by atoms with van der Waals surface area (Å²) >= 11 is 0. The van der Waals surface area contributed by atoms with E-state index in [-0.39, 0.29) is 13.6 Å². The van der Waals surface area contributed by atoms with Gasteiger partial charge in [0.15, 0.2) is 18.3 Å². The van der Waals surface area contributed by atoms with Crippen molar-refractivity contribution >= 4 is 0 Å². The van der Waals surface area contributed by atoms with Gasteiger partial charge in [-0.05, 0) is 26.0 Å². The Kier molecular flexibility index (Phi) is 5.30. The molecule has 0 fully saturated rings. The molecule has 0 saturated heterocycles. The van der Waals surface area contributed by atoms with Crippen molar-refractivity contribution in [3.63, 3.8) is 0 Å². The maximum Gasteiger partial charge on any atom is 0.231 e. The average Bonchev–Trinajstić information content (AvgIpc) is 2.86. The molecule has 1 aromatic rings. The van der Waals surface area contributed by atoms with Gasteiger partial charge in [0, 0.05) is 24.8 Å². The van der Waals surface area contributed by atoms with Gasteiger partial charge in [0.1, 0.15) is 5.75 Å². The number of benzene rings is 1. The van der Waals surface area contributed by atoms with E-state index in [9.17, 15) is 0 Å². The van der Waals surface area contributed by atoms with Gasteiger partial charge in [-0.25, -0.2) is 0 Å². The number of fused-ring (bicyclic) bond motifs is 1. The summed E-state index contributed by atoms with van der Waals surface area (Å²) in [5, 5.41) is 3.36. The van der Waals surface area contributed by atoms with E-state index >= 15 is 0 Å². The summed E-state index contributed by atoms with van der Waals surface area (Å²) in [6, 6.07) is 3.83. The molecular formula is C14H21NO4. The molecule has 5 heteroatoms. The highest BCUT2D eigenvalue weighted by Gasteiger charge is 2.17. The molecule has 1 aromatic carbocycles. The fourth-order valence-electron chi connectivity index (χ4n) is 1.83. The van der Waals surface area contributed by atoms with E-state index in [2.05, 4.69) is 12.2 Å². The van der Waals surface area contributed by atoms with E-state index in [1.54, 1.807) is 0 Å². The number of ether oxygens (including phenoxy) is 4. The van der Waals surface area contributed by atoms with Gasteiger partial charge in [-0.3, -0.25) is 0 Å². The van der Waals surface area contributed by atoms with Gasteiger partial charge < -0.3 is 24.3 Å². The van der Waals surface area contributed by atoms with Gasteiger partial charge in [0.2, 0.25) is 6.79 Å². The van der Waals surface area contributed by atoms with Crippen LogP contribution in [0.1, 0.15) is 25.8 Å². The summed E-state index contributed by atoms with van der Waals surface area (Å²) in [6.07, 6.45) is 1.10. The van der Waals surface area contributed by atoms with E-state index in [1.165, 1.54) is 0 Å². The van der Waals surface area contributed by atoms with E-state index in [1.807, 2.05) is 19.1 Å². The normalized spacial score (nSPS) is 12.7. The van der Waals surface area contributed by atoms with Crippen LogP contribution in [0.2, 0.25) is 0 Å². The first kappa shape index (κ1) is 14.0. The molecule has 1 aliphatic heterocycles. The third-order valence-corrected chi connectivity index (χ3v) is 2.80. The minimum Gasteiger partial charge on any atom is -0.467 e. The van der Waals surface area contributed by atoms with Crippen LogP contribution in [0.25, 0.3) is 0 Å². The van der Waals surface area contributed by atoms with Gasteiger partial charge >= 0.3 is 0 Å².